The standard InChI is InChI=1S/C12H19N3OS/c1-8-3-4-15(9(2)5-8)12(16)10-7-17-11(6-13)14-10/h7-9H,3-6,13H2,1-2H3. The predicted octanol–water partition coefficient (Wildman–Crippen LogP) is 1.86. The quantitative estimate of drug-likeness (QED) is 0.875. The molecule has 1 fully saturated rings. The maximum absolute atomic E-state index is 12.3. The van der Waals surface area contributed by atoms with E-state index in [0.717, 1.165) is 24.4 Å². The number of carbonyl (C=O) groups is 1. The van der Waals surface area contributed by atoms with Crippen LogP contribution in [0, 0.1) is 5.92 Å². The van der Waals surface area contributed by atoms with Gasteiger partial charge in [-0.25, -0.2) is 4.98 Å². The summed E-state index contributed by atoms with van der Waals surface area (Å²) in [5, 5.41) is 2.64. The molecule has 1 aromatic heterocycles. The van der Waals surface area contributed by atoms with Gasteiger partial charge in [0.2, 0.25) is 0 Å². The maximum Gasteiger partial charge on any atom is 0.273 e. The van der Waals surface area contributed by atoms with Crippen LogP contribution in [0.5, 0.6) is 0 Å². The van der Waals surface area contributed by atoms with E-state index in [1.165, 1.54) is 11.3 Å². The first-order chi connectivity index (χ1) is 8.11. The highest BCUT2D eigenvalue weighted by Gasteiger charge is 2.28. The van der Waals surface area contributed by atoms with Crippen LogP contribution in [0.3, 0.4) is 0 Å². The van der Waals surface area contributed by atoms with Gasteiger partial charge in [-0.05, 0) is 25.7 Å². The summed E-state index contributed by atoms with van der Waals surface area (Å²) in [5.41, 5.74) is 6.06. The van der Waals surface area contributed by atoms with E-state index in [2.05, 4.69) is 18.8 Å². The van der Waals surface area contributed by atoms with Gasteiger partial charge in [-0.15, -0.1) is 11.3 Å². The summed E-state index contributed by atoms with van der Waals surface area (Å²) in [7, 11) is 0. The van der Waals surface area contributed by atoms with E-state index in [-0.39, 0.29) is 5.91 Å². The Bertz CT molecular complexity index is 404. The lowest BCUT2D eigenvalue weighted by Gasteiger charge is -2.36. The first-order valence-corrected chi connectivity index (χ1v) is 6.95. The van der Waals surface area contributed by atoms with Gasteiger partial charge in [-0.3, -0.25) is 4.79 Å². The number of rotatable bonds is 2. The molecule has 2 atom stereocenters. The first-order valence-electron chi connectivity index (χ1n) is 6.07. The van der Waals surface area contributed by atoms with Crippen molar-refractivity contribution in [3.05, 3.63) is 16.1 Å². The van der Waals surface area contributed by atoms with Gasteiger partial charge in [-0.2, -0.15) is 0 Å². The average molecular weight is 253 g/mol. The number of thiazole rings is 1. The van der Waals surface area contributed by atoms with Crippen LogP contribution in [-0.2, 0) is 6.54 Å². The lowest BCUT2D eigenvalue weighted by molar-refractivity contribution is 0.0583. The SMILES string of the molecule is CC1CCN(C(=O)c2csc(CN)n2)C(C)C1. The third-order valence-electron chi connectivity index (χ3n) is 3.34. The molecule has 1 amide bonds. The Morgan fingerprint density at radius 1 is 1.65 bits per heavy atom. The Morgan fingerprint density at radius 3 is 3.00 bits per heavy atom. The molecule has 0 saturated carbocycles. The van der Waals surface area contributed by atoms with Gasteiger partial charge in [0.15, 0.2) is 0 Å². The molecule has 94 valence electrons. The second kappa shape index (κ2) is 5.14. The number of nitrogens with zero attached hydrogens (tertiary/aromatic N) is 2. The van der Waals surface area contributed by atoms with Crippen molar-refractivity contribution < 1.29 is 4.79 Å². The topological polar surface area (TPSA) is 59.2 Å². The van der Waals surface area contributed by atoms with Gasteiger partial charge in [0, 0.05) is 24.5 Å². The minimum absolute atomic E-state index is 0.0559. The van der Waals surface area contributed by atoms with Crippen molar-refractivity contribution in [1.82, 2.24) is 9.88 Å². The Kier molecular flexibility index (Phi) is 3.79. The highest BCUT2D eigenvalue weighted by Crippen LogP contribution is 2.24. The molecule has 0 radical (unpaired) electrons. The van der Waals surface area contributed by atoms with Crippen molar-refractivity contribution in [3.63, 3.8) is 0 Å². The molecule has 2 heterocycles. The van der Waals surface area contributed by atoms with E-state index in [9.17, 15) is 4.79 Å². The molecular weight excluding hydrogens is 234 g/mol. The lowest BCUT2D eigenvalue weighted by atomic mass is 9.93. The molecule has 1 saturated heterocycles. The zero-order valence-corrected chi connectivity index (χ0v) is 11.2. The Hall–Kier alpha value is -0.940. The summed E-state index contributed by atoms with van der Waals surface area (Å²) >= 11 is 1.46. The van der Waals surface area contributed by atoms with Gasteiger partial charge in [0.1, 0.15) is 10.7 Å². The first kappa shape index (κ1) is 12.5. The van der Waals surface area contributed by atoms with Gasteiger partial charge < -0.3 is 10.6 Å². The minimum Gasteiger partial charge on any atom is -0.335 e. The van der Waals surface area contributed by atoms with E-state index < -0.39 is 0 Å². The summed E-state index contributed by atoms with van der Waals surface area (Å²) in [6.45, 7) is 5.61. The summed E-state index contributed by atoms with van der Waals surface area (Å²) in [6.07, 6.45) is 2.17. The largest absolute Gasteiger partial charge is 0.335 e. The minimum atomic E-state index is 0.0559. The Balaban J connectivity index is 2.09. The molecule has 2 N–H and O–H groups in total. The van der Waals surface area contributed by atoms with Gasteiger partial charge in [0.05, 0.1) is 0 Å². The van der Waals surface area contributed by atoms with Crippen molar-refractivity contribution in [2.24, 2.45) is 11.7 Å². The van der Waals surface area contributed by atoms with Gasteiger partial charge in [0.25, 0.3) is 5.91 Å². The van der Waals surface area contributed by atoms with Gasteiger partial charge >= 0.3 is 0 Å². The fourth-order valence-electron chi connectivity index (χ4n) is 2.36. The molecule has 4 nitrogen and oxygen atoms in total. The number of hydrogen-bond donors (Lipinski definition) is 1. The molecule has 1 aliphatic rings. The van der Waals surface area contributed by atoms with Crippen molar-refractivity contribution in [2.45, 2.75) is 39.3 Å². The van der Waals surface area contributed by atoms with Crippen LogP contribution in [0.4, 0.5) is 0 Å². The maximum atomic E-state index is 12.3. The second-order valence-corrected chi connectivity index (χ2v) is 5.75. The number of hydrogen-bond acceptors (Lipinski definition) is 4. The normalized spacial score (nSPS) is 25.0. The van der Waals surface area contributed by atoms with Gasteiger partial charge in [-0.1, -0.05) is 6.92 Å². The van der Waals surface area contributed by atoms with Crippen molar-refractivity contribution in [2.75, 3.05) is 6.54 Å². The molecule has 0 bridgehead atoms. The molecule has 0 aliphatic carbocycles. The highest BCUT2D eigenvalue weighted by atomic mass is 32.1. The van der Waals surface area contributed by atoms with E-state index >= 15 is 0 Å². The highest BCUT2D eigenvalue weighted by molar-refractivity contribution is 7.09. The van der Waals surface area contributed by atoms with Crippen LogP contribution in [-0.4, -0.2) is 28.4 Å². The van der Waals surface area contributed by atoms with E-state index in [0.29, 0.717) is 24.2 Å². The molecule has 1 aromatic rings. The van der Waals surface area contributed by atoms with E-state index in [1.54, 1.807) is 0 Å². The molecule has 0 spiro atoms. The van der Waals surface area contributed by atoms with E-state index in [1.807, 2.05) is 10.3 Å². The Morgan fingerprint density at radius 2 is 2.41 bits per heavy atom. The fraction of sp³-hybridized carbons (Fsp3) is 0.667. The summed E-state index contributed by atoms with van der Waals surface area (Å²) < 4.78 is 0. The molecule has 17 heavy (non-hydrogen) atoms. The van der Waals surface area contributed by atoms with Crippen LogP contribution < -0.4 is 5.73 Å². The number of amides is 1. The molecule has 5 heteroatoms. The van der Waals surface area contributed by atoms with Crippen molar-refractivity contribution >= 4 is 17.2 Å². The zero-order chi connectivity index (χ0) is 12.4. The molecular formula is C12H19N3OS. The van der Waals surface area contributed by atoms with Crippen LogP contribution in [0.2, 0.25) is 0 Å². The predicted molar refractivity (Wildman–Crippen MR) is 68.9 cm³/mol. The van der Waals surface area contributed by atoms with Crippen LogP contribution in [0.15, 0.2) is 5.38 Å². The van der Waals surface area contributed by atoms with Crippen LogP contribution in [0.25, 0.3) is 0 Å². The van der Waals surface area contributed by atoms with Crippen LogP contribution in [0.1, 0.15) is 42.2 Å². The smallest absolute Gasteiger partial charge is 0.273 e. The van der Waals surface area contributed by atoms with E-state index in [4.69, 9.17) is 5.73 Å². The summed E-state index contributed by atoms with van der Waals surface area (Å²) in [4.78, 5) is 18.5. The van der Waals surface area contributed by atoms with Crippen molar-refractivity contribution in [3.8, 4) is 0 Å². The summed E-state index contributed by atoms with van der Waals surface area (Å²) in [5.74, 6) is 0.768. The Labute approximate surface area is 106 Å². The number of likely N-dealkylation sites (tertiary alicyclic amines) is 1. The zero-order valence-electron chi connectivity index (χ0n) is 10.3. The molecule has 2 rings (SSSR count). The number of carbonyl (C=O) groups excluding carboxylic acids is 1. The average Bonchev–Trinajstić information content (AvgIpc) is 2.76. The number of nitrogens with two attached hydrogens (primary N) is 1. The fourth-order valence-corrected chi connectivity index (χ4v) is 3.01. The van der Waals surface area contributed by atoms with Crippen LogP contribution >= 0.6 is 11.3 Å². The second-order valence-electron chi connectivity index (χ2n) is 4.81. The summed E-state index contributed by atoms with van der Waals surface area (Å²) in [6, 6.07) is 0.314. The molecule has 2 unspecified atom stereocenters. The number of aromatic nitrogens is 1. The van der Waals surface area contributed by atoms with Crippen molar-refractivity contribution in [1.29, 1.82) is 0 Å². The monoisotopic (exact) mass is 253 g/mol. The third kappa shape index (κ3) is 2.66. The molecule has 1 aliphatic heterocycles. The number of piperidine rings is 1. The molecule has 0 aromatic carbocycles. The third-order valence-corrected chi connectivity index (χ3v) is 4.22. The lowest BCUT2D eigenvalue weighted by Crippen LogP contribution is -2.44.